The number of fused-ring (bicyclic) bond motifs is 1. The normalized spacial score (nSPS) is 19.4. The zero-order chi connectivity index (χ0) is 27.5. The van der Waals surface area contributed by atoms with E-state index in [0.29, 0.717) is 30.1 Å². The second kappa shape index (κ2) is 11.6. The van der Waals surface area contributed by atoms with Crippen molar-refractivity contribution in [2.75, 3.05) is 14.2 Å². The Labute approximate surface area is 230 Å². The Bertz CT molecular complexity index is 1420. The van der Waals surface area contributed by atoms with E-state index in [0.717, 1.165) is 53.8 Å². The van der Waals surface area contributed by atoms with Crippen molar-refractivity contribution in [3.63, 3.8) is 0 Å². The number of ether oxygens (including phenoxy) is 2. The second-order valence-electron chi connectivity index (χ2n) is 10.8. The molecule has 2 aliphatic rings. The number of methoxy groups -OCH3 is 2. The van der Waals surface area contributed by atoms with Gasteiger partial charge in [0.25, 0.3) is 0 Å². The van der Waals surface area contributed by atoms with Gasteiger partial charge in [0.05, 0.1) is 24.7 Å². The summed E-state index contributed by atoms with van der Waals surface area (Å²) in [6.45, 7) is 4.01. The van der Waals surface area contributed by atoms with E-state index < -0.39 is 0 Å². The summed E-state index contributed by atoms with van der Waals surface area (Å²) in [4.78, 5) is 34.8. The Morgan fingerprint density at radius 1 is 1.08 bits per heavy atom. The molecular formula is C33H36N2O4. The van der Waals surface area contributed by atoms with Crippen LogP contribution >= 0.6 is 0 Å². The average Bonchev–Trinajstić information content (AvgIpc) is 2.96. The summed E-state index contributed by atoms with van der Waals surface area (Å²) >= 11 is 0. The summed E-state index contributed by atoms with van der Waals surface area (Å²) in [5, 5.41) is 0. The van der Waals surface area contributed by atoms with Gasteiger partial charge in [0.2, 0.25) is 0 Å². The van der Waals surface area contributed by atoms with Crippen molar-refractivity contribution in [3.05, 3.63) is 82.3 Å². The Balaban J connectivity index is 1.39. The highest BCUT2D eigenvalue weighted by Crippen LogP contribution is 2.38. The third-order valence-corrected chi connectivity index (χ3v) is 8.28. The lowest BCUT2D eigenvalue weighted by atomic mass is 9.75. The van der Waals surface area contributed by atoms with Gasteiger partial charge >= 0.3 is 0 Å². The lowest BCUT2D eigenvalue weighted by Gasteiger charge is -2.30. The molecule has 6 heteroatoms. The van der Waals surface area contributed by atoms with Gasteiger partial charge in [-0.05, 0) is 79.8 Å². The summed E-state index contributed by atoms with van der Waals surface area (Å²) < 4.78 is 10.6. The molecule has 0 N–H and O–H groups in total. The summed E-state index contributed by atoms with van der Waals surface area (Å²) in [7, 11) is 3.22. The molecule has 1 saturated carbocycles. The molecule has 0 unspecified atom stereocenters. The number of benzene rings is 1. The van der Waals surface area contributed by atoms with Crippen LogP contribution in [0.4, 0.5) is 0 Å². The van der Waals surface area contributed by atoms with Crippen molar-refractivity contribution < 1.29 is 19.1 Å². The van der Waals surface area contributed by atoms with Crippen molar-refractivity contribution in [2.45, 2.75) is 64.4 Å². The predicted molar refractivity (Wildman–Crippen MR) is 152 cm³/mol. The van der Waals surface area contributed by atoms with Crippen LogP contribution in [0.15, 0.2) is 48.8 Å². The van der Waals surface area contributed by atoms with E-state index >= 15 is 0 Å². The lowest BCUT2D eigenvalue weighted by molar-refractivity contribution is -0.133. The SMILES string of the molecule is COc1cncc(-c2cc3c(c(Cc4ccc(C5CCC(C(=O)[C@H](C)OC)CC5)c(C)c4)n2)C(=O)CC=C3)c1. The lowest BCUT2D eigenvalue weighted by Crippen LogP contribution is -2.30. The van der Waals surface area contributed by atoms with Gasteiger partial charge in [-0.1, -0.05) is 30.4 Å². The third-order valence-electron chi connectivity index (χ3n) is 8.28. The van der Waals surface area contributed by atoms with E-state index in [1.165, 1.54) is 11.1 Å². The van der Waals surface area contributed by atoms with Crippen molar-refractivity contribution in [3.8, 4) is 17.0 Å². The number of hydrogen-bond acceptors (Lipinski definition) is 6. The molecule has 0 spiro atoms. The van der Waals surface area contributed by atoms with Crippen LogP contribution in [0, 0.1) is 12.8 Å². The quantitative estimate of drug-likeness (QED) is 0.333. The number of hydrogen-bond donors (Lipinski definition) is 0. The maximum absolute atomic E-state index is 13.0. The number of nitrogens with zero attached hydrogens (tertiary/aromatic N) is 2. The van der Waals surface area contributed by atoms with Crippen LogP contribution in [0.5, 0.6) is 5.75 Å². The van der Waals surface area contributed by atoms with Gasteiger partial charge in [0.1, 0.15) is 11.9 Å². The van der Waals surface area contributed by atoms with Gasteiger partial charge in [-0.3, -0.25) is 19.6 Å². The van der Waals surface area contributed by atoms with Crippen molar-refractivity contribution in [1.29, 1.82) is 0 Å². The fourth-order valence-corrected chi connectivity index (χ4v) is 6.05. The Hall–Kier alpha value is -3.64. The van der Waals surface area contributed by atoms with Crippen LogP contribution < -0.4 is 4.74 Å². The van der Waals surface area contributed by atoms with Gasteiger partial charge < -0.3 is 9.47 Å². The second-order valence-corrected chi connectivity index (χ2v) is 10.8. The molecule has 0 aliphatic heterocycles. The number of carbonyl (C=O) groups excluding carboxylic acids is 2. The monoisotopic (exact) mass is 524 g/mol. The maximum Gasteiger partial charge on any atom is 0.169 e. The highest BCUT2D eigenvalue weighted by Gasteiger charge is 2.30. The van der Waals surface area contributed by atoms with E-state index in [1.807, 2.05) is 31.2 Å². The molecule has 39 heavy (non-hydrogen) atoms. The van der Waals surface area contributed by atoms with E-state index in [2.05, 4.69) is 30.1 Å². The number of aromatic nitrogens is 2. The fourth-order valence-electron chi connectivity index (χ4n) is 6.05. The number of rotatable bonds is 8. The minimum absolute atomic E-state index is 0.103. The van der Waals surface area contributed by atoms with Gasteiger partial charge in [0.15, 0.2) is 11.6 Å². The Morgan fingerprint density at radius 3 is 2.59 bits per heavy atom. The van der Waals surface area contributed by atoms with Crippen LogP contribution in [0.25, 0.3) is 17.3 Å². The molecule has 0 bridgehead atoms. The van der Waals surface area contributed by atoms with Crippen LogP contribution in [0.3, 0.4) is 0 Å². The Kier molecular flexibility index (Phi) is 8.03. The Morgan fingerprint density at radius 2 is 1.87 bits per heavy atom. The minimum Gasteiger partial charge on any atom is -0.495 e. The molecule has 0 radical (unpaired) electrons. The molecule has 6 nitrogen and oxygen atoms in total. The number of aryl methyl sites for hydroxylation is 1. The van der Waals surface area contributed by atoms with Crippen molar-refractivity contribution in [1.82, 2.24) is 9.97 Å². The van der Waals surface area contributed by atoms with E-state index in [-0.39, 0.29) is 23.6 Å². The number of carbonyl (C=O) groups is 2. The first-order valence-corrected chi connectivity index (χ1v) is 13.8. The topological polar surface area (TPSA) is 78.4 Å². The molecule has 202 valence electrons. The molecular weight excluding hydrogens is 488 g/mol. The molecule has 1 fully saturated rings. The van der Waals surface area contributed by atoms with Crippen molar-refractivity contribution in [2.24, 2.45) is 5.92 Å². The summed E-state index contributed by atoms with van der Waals surface area (Å²) in [5.74, 6) is 1.56. The highest BCUT2D eigenvalue weighted by molar-refractivity contribution is 6.04. The smallest absolute Gasteiger partial charge is 0.169 e. The summed E-state index contributed by atoms with van der Waals surface area (Å²) in [6.07, 6.45) is 11.9. The molecule has 5 rings (SSSR count). The zero-order valence-corrected chi connectivity index (χ0v) is 23.2. The van der Waals surface area contributed by atoms with E-state index in [4.69, 9.17) is 14.5 Å². The van der Waals surface area contributed by atoms with Gasteiger partial charge in [-0.2, -0.15) is 0 Å². The first-order chi connectivity index (χ1) is 18.9. The van der Waals surface area contributed by atoms with Gasteiger partial charge in [-0.25, -0.2) is 0 Å². The van der Waals surface area contributed by atoms with Crippen LogP contribution in [-0.4, -0.2) is 41.9 Å². The molecule has 0 amide bonds. The minimum atomic E-state index is -0.326. The molecule has 3 aromatic rings. The van der Waals surface area contributed by atoms with Crippen LogP contribution in [0.1, 0.15) is 83.3 Å². The first-order valence-electron chi connectivity index (χ1n) is 13.8. The third kappa shape index (κ3) is 5.71. The molecule has 2 aromatic heterocycles. The van der Waals surface area contributed by atoms with Gasteiger partial charge in [0, 0.05) is 43.2 Å². The van der Waals surface area contributed by atoms with E-state index in [9.17, 15) is 9.59 Å². The first kappa shape index (κ1) is 26.9. The molecule has 2 aliphatic carbocycles. The molecule has 2 heterocycles. The number of Topliss-reactive ketones (excluding diaryl/α,β-unsaturated/α-hetero) is 2. The molecule has 1 aromatic carbocycles. The summed E-state index contributed by atoms with van der Waals surface area (Å²) in [5.41, 5.74) is 7.77. The molecule has 1 atom stereocenters. The maximum atomic E-state index is 13.0. The van der Waals surface area contributed by atoms with Crippen LogP contribution in [-0.2, 0) is 16.0 Å². The standard InChI is InChI=1S/C33H36N2O4/c1-20-14-22(8-13-28(20)23-9-11-24(12-10-23)33(37)21(2)38-3)15-30-32-25(6-5-7-31(32)36)17-29(35-30)26-16-27(39-4)19-34-18-26/h5-6,8,13-14,16-19,21,23-24H,7,9-12,15H2,1-4H3/t21-,23?,24?/m0/s1. The predicted octanol–water partition coefficient (Wildman–Crippen LogP) is 6.53. The molecule has 0 saturated heterocycles. The van der Waals surface area contributed by atoms with E-state index in [1.54, 1.807) is 26.6 Å². The fraction of sp³-hybridized carbons (Fsp3) is 0.394. The van der Waals surface area contributed by atoms with Gasteiger partial charge in [-0.15, -0.1) is 0 Å². The zero-order valence-electron chi connectivity index (χ0n) is 23.2. The average molecular weight is 525 g/mol. The van der Waals surface area contributed by atoms with Crippen molar-refractivity contribution >= 4 is 17.6 Å². The largest absolute Gasteiger partial charge is 0.495 e. The number of ketones is 2. The number of pyridine rings is 2. The highest BCUT2D eigenvalue weighted by atomic mass is 16.5. The summed E-state index contributed by atoms with van der Waals surface area (Å²) in [6, 6.07) is 10.5. The number of allylic oxidation sites excluding steroid dienone is 1. The van der Waals surface area contributed by atoms with Crippen LogP contribution in [0.2, 0.25) is 0 Å².